The van der Waals surface area contributed by atoms with Crippen LogP contribution in [0, 0.1) is 0 Å². The van der Waals surface area contributed by atoms with Crippen molar-refractivity contribution in [1.29, 1.82) is 0 Å². The van der Waals surface area contributed by atoms with Gasteiger partial charge >= 0.3 is 12.1 Å². The zero-order valence-electron chi connectivity index (χ0n) is 19.9. The van der Waals surface area contributed by atoms with Crippen molar-refractivity contribution in [2.45, 2.75) is 37.1 Å². The smallest absolute Gasteiger partial charge is 0.487 e. The summed E-state index contributed by atoms with van der Waals surface area (Å²) in [6, 6.07) is 11.6. The molecular weight excluding hydrogens is 595 g/mol. The largest absolute Gasteiger partial charge is 0.490 e. The van der Waals surface area contributed by atoms with Crippen LogP contribution in [0.3, 0.4) is 0 Å². The molecule has 0 saturated carbocycles. The number of alkyl halides is 3. The van der Waals surface area contributed by atoms with Crippen LogP contribution in [0.25, 0.3) is 10.9 Å². The van der Waals surface area contributed by atoms with Crippen molar-refractivity contribution in [3.05, 3.63) is 57.8 Å². The fourth-order valence-electron chi connectivity index (χ4n) is 4.47. The molecule has 0 bridgehead atoms. The lowest BCUT2D eigenvalue weighted by molar-refractivity contribution is -0.192. The van der Waals surface area contributed by atoms with Gasteiger partial charge in [-0.2, -0.15) is 13.2 Å². The van der Waals surface area contributed by atoms with Crippen molar-refractivity contribution in [1.82, 2.24) is 14.9 Å². The van der Waals surface area contributed by atoms with E-state index in [2.05, 4.69) is 30.8 Å². The van der Waals surface area contributed by atoms with E-state index < -0.39 is 18.2 Å². The zero-order chi connectivity index (χ0) is 27.5. The summed E-state index contributed by atoms with van der Waals surface area (Å²) < 4.78 is 44.8. The highest BCUT2D eigenvalue weighted by molar-refractivity contribution is 9.10. The number of aromatic nitrogens is 2. The molecule has 0 radical (unpaired) electrons. The van der Waals surface area contributed by atoms with Crippen molar-refractivity contribution < 1.29 is 37.7 Å². The molecule has 2 aliphatic heterocycles. The van der Waals surface area contributed by atoms with Gasteiger partial charge in [0.2, 0.25) is 5.88 Å². The number of hydrogen-bond donors (Lipinski definition) is 2. The second-order valence-electron chi connectivity index (χ2n) is 9.12. The maximum Gasteiger partial charge on any atom is 0.490 e. The molecule has 1 atom stereocenters. The number of likely N-dealkylation sites (tertiary alicyclic amines) is 1. The van der Waals surface area contributed by atoms with Gasteiger partial charge in [0.05, 0.1) is 10.9 Å². The van der Waals surface area contributed by atoms with Crippen LogP contribution in [-0.2, 0) is 11.2 Å². The average molecular weight is 619 g/mol. The number of rotatable bonds is 5. The molecule has 204 valence electrons. The lowest BCUT2D eigenvalue weighted by Gasteiger charge is -2.39. The highest BCUT2D eigenvalue weighted by Gasteiger charge is 2.42. The number of nitrogens with zero attached hydrogens (tertiary/aromatic N) is 3. The molecule has 3 heterocycles. The van der Waals surface area contributed by atoms with Gasteiger partial charge in [-0.15, -0.1) is 0 Å². The molecule has 13 heteroatoms. The number of aliphatic hydroxyl groups excluding tert-OH is 1. The van der Waals surface area contributed by atoms with Gasteiger partial charge in [0.25, 0.3) is 0 Å². The van der Waals surface area contributed by atoms with Gasteiger partial charge in [-0.05, 0) is 42.0 Å². The Kier molecular flexibility index (Phi) is 8.65. The van der Waals surface area contributed by atoms with E-state index in [0.717, 1.165) is 58.5 Å². The number of carboxylic acids is 1. The molecule has 2 aromatic carbocycles. The van der Waals surface area contributed by atoms with E-state index in [1.165, 1.54) is 11.9 Å². The molecule has 1 aromatic heterocycles. The second kappa shape index (κ2) is 11.6. The summed E-state index contributed by atoms with van der Waals surface area (Å²) in [5, 5.41) is 19.3. The van der Waals surface area contributed by atoms with E-state index in [1.807, 2.05) is 36.4 Å². The molecule has 1 saturated heterocycles. The Bertz CT molecular complexity index is 1300. The molecule has 0 amide bonds. The molecule has 0 unspecified atom stereocenters. The average Bonchev–Trinajstić information content (AvgIpc) is 3.21. The summed E-state index contributed by atoms with van der Waals surface area (Å²) >= 11 is 9.60. The van der Waals surface area contributed by atoms with E-state index in [1.54, 1.807) is 0 Å². The van der Waals surface area contributed by atoms with Crippen LogP contribution in [0.15, 0.2) is 47.2 Å². The van der Waals surface area contributed by atoms with Gasteiger partial charge in [-0.1, -0.05) is 27.5 Å². The minimum absolute atomic E-state index is 0.141. The summed E-state index contributed by atoms with van der Waals surface area (Å²) in [5.74, 6) is -1.32. The van der Waals surface area contributed by atoms with Crippen LogP contribution >= 0.6 is 27.5 Å². The highest BCUT2D eigenvalue weighted by Crippen LogP contribution is 2.42. The van der Waals surface area contributed by atoms with Crippen molar-refractivity contribution >= 4 is 44.4 Å². The minimum Gasteiger partial charge on any atom is -0.487 e. The standard InChI is InChI=1S/C23H23BrClN3O3.C2HF3O2/c24-16-1-3-20-19(10-16)22(27-14-26-20)30-13-18(29)12-28-7-5-23(6-8-28)11-15-9-17(25)2-4-21(15)31-23;3-2(4,5)1(6)7/h1-4,9-10,14,18,29H,5-8,11-13H2;(H,6,7)/t18-;/m0./s1. The number of hydrogen-bond acceptors (Lipinski definition) is 7. The van der Waals surface area contributed by atoms with Crippen LogP contribution in [0.4, 0.5) is 13.2 Å². The summed E-state index contributed by atoms with van der Waals surface area (Å²) in [6.07, 6.45) is -1.45. The first-order valence-corrected chi connectivity index (χ1v) is 12.8. The lowest BCUT2D eigenvalue weighted by atomic mass is 9.87. The molecular formula is C25H24BrClF3N3O5. The van der Waals surface area contributed by atoms with Crippen LogP contribution in [0.2, 0.25) is 5.02 Å². The maximum atomic E-state index is 10.6. The second-order valence-corrected chi connectivity index (χ2v) is 10.5. The number of β-amino-alcohol motifs (C(OH)–C–C–N with tert-alkyl or cyclic N) is 1. The summed E-state index contributed by atoms with van der Waals surface area (Å²) in [7, 11) is 0. The Morgan fingerprint density at radius 1 is 1.21 bits per heavy atom. The van der Waals surface area contributed by atoms with Crippen LogP contribution in [0.5, 0.6) is 11.6 Å². The molecule has 1 spiro atoms. The normalized spacial score (nSPS) is 17.3. The predicted molar refractivity (Wildman–Crippen MR) is 137 cm³/mol. The van der Waals surface area contributed by atoms with E-state index >= 15 is 0 Å². The quantitative estimate of drug-likeness (QED) is 0.417. The van der Waals surface area contributed by atoms with Gasteiger partial charge in [-0.3, -0.25) is 0 Å². The number of benzene rings is 2. The fourth-order valence-corrected chi connectivity index (χ4v) is 5.03. The third kappa shape index (κ3) is 7.04. The van der Waals surface area contributed by atoms with Gasteiger partial charge < -0.3 is 24.6 Å². The molecule has 1 fully saturated rings. The van der Waals surface area contributed by atoms with Crippen LogP contribution < -0.4 is 9.47 Å². The highest BCUT2D eigenvalue weighted by atomic mass is 79.9. The number of piperidine rings is 1. The van der Waals surface area contributed by atoms with E-state index in [9.17, 15) is 18.3 Å². The summed E-state index contributed by atoms with van der Waals surface area (Å²) in [6.45, 7) is 2.49. The number of halogens is 5. The summed E-state index contributed by atoms with van der Waals surface area (Å²) in [5.41, 5.74) is 1.86. The molecule has 38 heavy (non-hydrogen) atoms. The number of aliphatic carboxylic acids is 1. The monoisotopic (exact) mass is 617 g/mol. The Morgan fingerprint density at radius 2 is 1.92 bits per heavy atom. The third-order valence-electron chi connectivity index (χ3n) is 6.31. The molecule has 3 aromatic rings. The first-order valence-electron chi connectivity index (χ1n) is 11.7. The topological polar surface area (TPSA) is 105 Å². The number of fused-ring (bicyclic) bond motifs is 2. The van der Waals surface area contributed by atoms with Crippen molar-refractivity contribution in [3.8, 4) is 11.6 Å². The van der Waals surface area contributed by atoms with E-state index in [4.69, 9.17) is 31.0 Å². The summed E-state index contributed by atoms with van der Waals surface area (Å²) in [4.78, 5) is 19.7. The predicted octanol–water partition coefficient (Wildman–Crippen LogP) is 4.89. The number of carbonyl (C=O) groups is 1. The molecule has 0 aliphatic carbocycles. The number of aliphatic hydroxyl groups is 1. The van der Waals surface area contributed by atoms with Crippen molar-refractivity contribution in [2.75, 3.05) is 26.2 Å². The van der Waals surface area contributed by atoms with Gasteiger partial charge in [0, 0.05) is 48.4 Å². The van der Waals surface area contributed by atoms with Gasteiger partial charge in [0.15, 0.2) is 0 Å². The number of carboxylic acid groups (broad SMARTS) is 1. The molecule has 5 rings (SSSR count). The minimum atomic E-state index is -5.08. The van der Waals surface area contributed by atoms with Gasteiger partial charge in [-0.25, -0.2) is 14.8 Å². The Morgan fingerprint density at radius 3 is 2.61 bits per heavy atom. The first kappa shape index (κ1) is 28.3. The van der Waals surface area contributed by atoms with Crippen LogP contribution in [0.1, 0.15) is 18.4 Å². The van der Waals surface area contributed by atoms with Gasteiger partial charge in [0.1, 0.15) is 30.4 Å². The Hall–Kier alpha value is -2.67. The Balaban J connectivity index is 0.000000426. The molecule has 8 nitrogen and oxygen atoms in total. The number of ether oxygens (including phenoxy) is 2. The maximum absolute atomic E-state index is 10.6. The molecule has 2 N–H and O–H groups in total. The van der Waals surface area contributed by atoms with Crippen molar-refractivity contribution in [3.63, 3.8) is 0 Å². The SMILES string of the molecule is O=C(O)C(F)(F)F.O[C@H](COc1ncnc2ccc(Br)cc12)CN1CCC2(CC1)Cc1cc(Cl)ccc1O2. The molecule has 2 aliphatic rings. The van der Waals surface area contributed by atoms with E-state index in [0.29, 0.717) is 12.4 Å². The fraction of sp³-hybridized carbons (Fsp3) is 0.400. The zero-order valence-corrected chi connectivity index (χ0v) is 22.3. The lowest BCUT2D eigenvalue weighted by Crippen LogP contribution is -2.49. The van der Waals surface area contributed by atoms with Crippen LogP contribution in [-0.4, -0.2) is 75.2 Å². The Labute approximate surface area is 229 Å². The van der Waals surface area contributed by atoms with E-state index in [-0.39, 0.29) is 12.2 Å². The third-order valence-corrected chi connectivity index (χ3v) is 7.04. The first-order chi connectivity index (χ1) is 17.9. The van der Waals surface area contributed by atoms with Crippen molar-refractivity contribution in [2.24, 2.45) is 0 Å².